The summed E-state index contributed by atoms with van der Waals surface area (Å²) in [6.07, 6.45) is 1.12. The summed E-state index contributed by atoms with van der Waals surface area (Å²) in [7, 11) is 3.44. The molecule has 0 spiro atoms. The molecule has 0 aliphatic rings. The largest absolute Gasteiger partial charge is 0.443 e. The molecular weight excluding hydrogens is 366 g/mol. The Morgan fingerprint density at radius 1 is 1.28 bits per heavy atom. The Kier molecular flexibility index (Phi) is 5.21. The number of ether oxygens (including phenoxy) is 1. The predicted octanol–water partition coefficient (Wildman–Crippen LogP) is 3.63. The highest BCUT2D eigenvalue weighted by Crippen LogP contribution is 2.29. The molecule has 29 heavy (non-hydrogen) atoms. The van der Waals surface area contributed by atoms with E-state index in [1.54, 1.807) is 34.1 Å². The molecule has 0 atom stereocenters. The van der Waals surface area contributed by atoms with Crippen molar-refractivity contribution >= 4 is 28.8 Å². The van der Waals surface area contributed by atoms with Crippen LogP contribution in [0.2, 0.25) is 0 Å². The Bertz CT molecular complexity index is 1150. The highest BCUT2D eigenvalue weighted by molar-refractivity contribution is 6.00. The van der Waals surface area contributed by atoms with Gasteiger partial charge in [0.1, 0.15) is 16.9 Å². The summed E-state index contributed by atoms with van der Waals surface area (Å²) in [5.41, 5.74) is 9.44. The van der Waals surface area contributed by atoms with Crippen molar-refractivity contribution in [2.24, 2.45) is 7.05 Å². The number of hydrogen-bond acceptors (Lipinski definition) is 5. The van der Waals surface area contributed by atoms with Gasteiger partial charge in [-0.05, 0) is 45.4 Å². The number of hydrogen-bond donors (Lipinski definition) is 1. The molecule has 7 nitrogen and oxygen atoms in total. The van der Waals surface area contributed by atoms with Crippen molar-refractivity contribution in [3.63, 3.8) is 0 Å². The first kappa shape index (κ1) is 20.2. The minimum atomic E-state index is -0.626. The number of rotatable bonds is 1. The zero-order chi connectivity index (χ0) is 21.3. The van der Waals surface area contributed by atoms with Crippen LogP contribution in [-0.4, -0.2) is 33.3 Å². The smallest absolute Gasteiger partial charge is 0.415 e. The molecule has 0 aliphatic heterocycles. The van der Waals surface area contributed by atoms with Gasteiger partial charge in [-0.15, -0.1) is 0 Å². The van der Waals surface area contributed by atoms with Crippen molar-refractivity contribution in [3.8, 4) is 11.8 Å². The third-order valence-corrected chi connectivity index (χ3v) is 4.20. The van der Waals surface area contributed by atoms with Crippen LogP contribution in [0.25, 0.3) is 11.0 Å². The highest BCUT2D eigenvalue weighted by Gasteiger charge is 2.25. The molecule has 0 saturated carbocycles. The maximum atomic E-state index is 12.5. The second-order valence-electron chi connectivity index (χ2n) is 7.91. The van der Waals surface area contributed by atoms with Crippen LogP contribution >= 0.6 is 0 Å². The number of carbonyl (C=O) groups excluding carboxylic acids is 1. The number of fused-ring (bicyclic) bond motifs is 1. The SMILES string of the molecule is Cc1cccc(C#Cc2c(N)nc(N(C)C(=O)OC(C)(C)C)c3ncn(C)c23)c1. The molecule has 1 amide bonds. The van der Waals surface area contributed by atoms with Crippen molar-refractivity contribution in [3.05, 3.63) is 47.3 Å². The number of nitrogens with two attached hydrogens (primary N) is 1. The number of pyridine rings is 1. The molecule has 2 aromatic heterocycles. The molecule has 1 aromatic carbocycles. The molecule has 7 heteroatoms. The standard InChI is InChI=1S/C22H25N5O2/c1-14-8-7-9-15(12-14)10-11-16-18-17(24-13-26(18)5)20(25-19(16)23)27(6)21(28)29-22(2,3)4/h7-9,12-13H,1-6H3,(H2,23,25). The Morgan fingerprint density at radius 3 is 2.66 bits per heavy atom. The van der Waals surface area contributed by atoms with Gasteiger partial charge in [-0.2, -0.15) is 0 Å². The first-order valence-electron chi connectivity index (χ1n) is 9.22. The van der Waals surface area contributed by atoms with Crippen LogP contribution in [0.5, 0.6) is 0 Å². The third kappa shape index (κ3) is 4.32. The lowest BCUT2D eigenvalue weighted by Gasteiger charge is -2.24. The molecule has 0 fully saturated rings. The van der Waals surface area contributed by atoms with Crippen molar-refractivity contribution in [1.29, 1.82) is 0 Å². The van der Waals surface area contributed by atoms with Gasteiger partial charge < -0.3 is 15.0 Å². The maximum Gasteiger partial charge on any atom is 0.415 e. The topological polar surface area (TPSA) is 86.3 Å². The number of anilines is 2. The summed E-state index contributed by atoms with van der Waals surface area (Å²) in [4.78, 5) is 22.7. The molecule has 0 radical (unpaired) electrons. The number of nitrogen functional groups attached to an aromatic ring is 1. The average molecular weight is 391 g/mol. The van der Waals surface area contributed by atoms with Crippen LogP contribution in [0, 0.1) is 18.8 Å². The van der Waals surface area contributed by atoms with Gasteiger partial charge in [0.05, 0.1) is 17.4 Å². The number of benzene rings is 1. The normalized spacial score (nSPS) is 11.1. The molecule has 3 aromatic rings. The van der Waals surface area contributed by atoms with Crippen LogP contribution in [0.15, 0.2) is 30.6 Å². The van der Waals surface area contributed by atoms with Crippen molar-refractivity contribution in [1.82, 2.24) is 14.5 Å². The first-order valence-corrected chi connectivity index (χ1v) is 9.22. The summed E-state index contributed by atoms with van der Waals surface area (Å²) in [5.74, 6) is 6.82. The third-order valence-electron chi connectivity index (χ3n) is 4.20. The monoisotopic (exact) mass is 391 g/mol. The Morgan fingerprint density at radius 2 is 2.00 bits per heavy atom. The van der Waals surface area contributed by atoms with E-state index in [1.807, 2.05) is 42.8 Å². The average Bonchev–Trinajstić information content (AvgIpc) is 3.00. The van der Waals surface area contributed by atoms with Crippen molar-refractivity contribution in [2.45, 2.75) is 33.3 Å². The zero-order valence-electron chi connectivity index (χ0n) is 17.6. The van der Waals surface area contributed by atoms with E-state index in [2.05, 4.69) is 21.8 Å². The number of aryl methyl sites for hydroxylation is 2. The Labute approximate surface area is 170 Å². The molecule has 150 valence electrons. The summed E-state index contributed by atoms with van der Waals surface area (Å²) >= 11 is 0. The van der Waals surface area contributed by atoms with E-state index < -0.39 is 11.7 Å². The van der Waals surface area contributed by atoms with E-state index in [1.165, 1.54) is 4.90 Å². The molecule has 2 heterocycles. The van der Waals surface area contributed by atoms with E-state index in [0.717, 1.165) is 11.1 Å². The fourth-order valence-corrected chi connectivity index (χ4v) is 2.86. The lowest BCUT2D eigenvalue weighted by atomic mass is 10.1. The quantitative estimate of drug-likeness (QED) is 0.640. The summed E-state index contributed by atoms with van der Waals surface area (Å²) in [6, 6.07) is 7.91. The van der Waals surface area contributed by atoms with E-state index >= 15 is 0 Å². The summed E-state index contributed by atoms with van der Waals surface area (Å²) < 4.78 is 7.26. The van der Waals surface area contributed by atoms with Gasteiger partial charge in [0.15, 0.2) is 5.82 Å². The fraction of sp³-hybridized carbons (Fsp3) is 0.318. The second-order valence-corrected chi connectivity index (χ2v) is 7.91. The fourth-order valence-electron chi connectivity index (χ4n) is 2.86. The number of aromatic nitrogens is 3. The van der Waals surface area contributed by atoms with Gasteiger partial charge in [-0.25, -0.2) is 14.8 Å². The van der Waals surface area contributed by atoms with E-state index in [4.69, 9.17) is 10.5 Å². The minimum absolute atomic E-state index is 0.228. The number of amides is 1. The second kappa shape index (κ2) is 7.47. The van der Waals surface area contributed by atoms with E-state index in [-0.39, 0.29) is 5.82 Å². The van der Waals surface area contributed by atoms with Crippen LogP contribution in [0.1, 0.15) is 37.5 Å². The van der Waals surface area contributed by atoms with Gasteiger partial charge in [0.25, 0.3) is 0 Å². The van der Waals surface area contributed by atoms with Crippen LogP contribution < -0.4 is 10.6 Å². The van der Waals surface area contributed by atoms with Crippen LogP contribution in [0.3, 0.4) is 0 Å². The number of nitrogens with zero attached hydrogens (tertiary/aromatic N) is 4. The number of carbonyl (C=O) groups is 1. The lowest BCUT2D eigenvalue weighted by molar-refractivity contribution is 0.0588. The van der Waals surface area contributed by atoms with Crippen molar-refractivity contribution in [2.75, 3.05) is 17.7 Å². The molecular formula is C22H25N5O2. The molecule has 0 unspecified atom stereocenters. The van der Waals surface area contributed by atoms with Crippen LogP contribution in [0.4, 0.5) is 16.4 Å². The van der Waals surface area contributed by atoms with E-state index in [0.29, 0.717) is 22.4 Å². The van der Waals surface area contributed by atoms with Crippen molar-refractivity contribution < 1.29 is 9.53 Å². The number of imidazole rings is 1. The molecule has 0 saturated heterocycles. The molecule has 2 N–H and O–H groups in total. The van der Waals surface area contributed by atoms with Crippen LogP contribution in [-0.2, 0) is 11.8 Å². The first-order chi connectivity index (χ1) is 13.6. The zero-order valence-corrected chi connectivity index (χ0v) is 17.6. The van der Waals surface area contributed by atoms with Gasteiger partial charge in [0.2, 0.25) is 0 Å². The van der Waals surface area contributed by atoms with Gasteiger partial charge in [-0.3, -0.25) is 4.90 Å². The predicted molar refractivity (Wildman–Crippen MR) is 115 cm³/mol. The van der Waals surface area contributed by atoms with Gasteiger partial charge in [0, 0.05) is 19.7 Å². The molecule has 0 aliphatic carbocycles. The maximum absolute atomic E-state index is 12.5. The summed E-state index contributed by atoms with van der Waals surface area (Å²) in [5, 5.41) is 0. The van der Waals surface area contributed by atoms with Gasteiger partial charge in [-0.1, -0.05) is 24.0 Å². The Balaban J connectivity index is 2.10. The molecule has 3 rings (SSSR count). The lowest BCUT2D eigenvalue weighted by Crippen LogP contribution is -2.34. The Hall–Kier alpha value is -3.53. The van der Waals surface area contributed by atoms with E-state index in [9.17, 15) is 4.79 Å². The van der Waals surface area contributed by atoms with Gasteiger partial charge >= 0.3 is 6.09 Å². The minimum Gasteiger partial charge on any atom is -0.443 e. The molecule has 0 bridgehead atoms. The summed E-state index contributed by atoms with van der Waals surface area (Å²) in [6.45, 7) is 7.43. The highest BCUT2D eigenvalue weighted by atomic mass is 16.6.